The third-order valence-electron chi connectivity index (χ3n) is 6.08. The molecule has 0 fully saturated rings. The Kier molecular flexibility index (Phi) is 5.03. The number of hydrogen-bond acceptors (Lipinski definition) is 1. The number of hydrogen-bond donors (Lipinski definition) is 1. The summed E-state index contributed by atoms with van der Waals surface area (Å²) in [6.45, 7) is 11.5. The van der Waals surface area contributed by atoms with E-state index in [0.29, 0.717) is 12.0 Å². The van der Waals surface area contributed by atoms with Crippen molar-refractivity contribution in [3.05, 3.63) is 76.4 Å². The minimum Gasteiger partial charge on any atom is -0.478 e. The smallest absolute Gasteiger partial charge is 0.335 e. The van der Waals surface area contributed by atoms with E-state index < -0.39 is 5.97 Å². The first-order valence-corrected chi connectivity index (χ1v) is 9.75. The van der Waals surface area contributed by atoms with Crippen molar-refractivity contribution in [3.63, 3.8) is 0 Å². The molecule has 0 spiro atoms. The molecule has 2 heteroatoms. The molecule has 1 aromatic carbocycles. The molecule has 0 saturated carbocycles. The maximum absolute atomic E-state index is 11.1. The van der Waals surface area contributed by atoms with Gasteiger partial charge >= 0.3 is 5.97 Å². The molecule has 1 N–H and O–H groups in total. The second-order valence-electron chi connectivity index (χ2n) is 9.09. The second kappa shape index (κ2) is 6.99. The van der Waals surface area contributed by atoms with Crippen molar-refractivity contribution >= 4 is 11.5 Å². The van der Waals surface area contributed by atoms with Gasteiger partial charge in [0.15, 0.2) is 0 Å². The van der Waals surface area contributed by atoms with Crippen LogP contribution in [0.4, 0.5) is 0 Å². The van der Waals surface area contributed by atoms with Crippen LogP contribution in [0.15, 0.2) is 59.7 Å². The van der Waals surface area contributed by atoms with Crippen LogP contribution in [0.2, 0.25) is 0 Å². The third-order valence-corrected chi connectivity index (χ3v) is 6.08. The van der Waals surface area contributed by atoms with E-state index in [4.69, 9.17) is 5.11 Å². The van der Waals surface area contributed by atoms with Crippen molar-refractivity contribution in [1.29, 1.82) is 0 Å². The zero-order chi connectivity index (χ0) is 19.8. The SMILES string of the molecule is C/C(=C\C1=CCC=C(C(=O)O)C=C1)c1ccc2c(c1)C(C)(C)CCC2(C)C. The predicted octanol–water partition coefficient (Wildman–Crippen LogP) is 6.34. The fourth-order valence-corrected chi connectivity index (χ4v) is 4.08. The first-order chi connectivity index (χ1) is 12.6. The van der Waals surface area contributed by atoms with Crippen LogP contribution in [0.5, 0.6) is 0 Å². The highest BCUT2D eigenvalue weighted by atomic mass is 16.4. The Hall–Kier alpha value is -2.35. The highest BCUT2D eigenvalue weighted by molar-refractivity contribution is 5.90. The number of carboxylic acid groups (broad SMARTS) is 1. The average Bonchev–Trinajstić information content (AvgIpc) is 2.84. The van der Waals surface area contributed by atoms with E-state index in [1.54, 1.807) is 12.2 Å². The molecular weight excluding hydrogens is 332 g/mol. The first kappa shape index (κ1) is 19.4. The number of aliphatic carboxylic acids is 1. The van der Waals surface area contributed by atoms with Gasteiger partial charge in [0.2, 0.25) is 0 Å². The number of fused-ring (bicyclic) bond motifs is 1. The summed E-state index contributed by atoms with van der Waals surface area (Å²) in [6, 6.07) is 6.91. The Morgan fingerprint density at radius 3 is 2.33 bits per heavy atom. The number of benzene rings is 1. The lowest BCUT2D eigenvalue weighted by Crippen LogP contribution is -2.33. The molecule has 0 radical (unpaired) electrons. The summed E-state index contributed by atoms with van der Waals surface area (Å²) < 4.78 is 0. The molecule has 2 aliphatic carbocycles. The molecule has 0 aromatic heterocycles. The standard InChI is InChI=1S/C25H30O2/c1-17(15-18-7-6-8-19(10-9-18)23(26)27)20-11-12-21-22(16-20)25(4,5)14-13-24(21,2)3/h7-12,15-16H,6,13-14H2,1-5H3,(H,26,27)/b17-15+. The number of allylic oxidation sites excluding steroid dienone is 6. The average molecular weight is 363 g/mol. The lowest BCUT2D eigenvalue weighted by molar-refractivity contribution is -0.132. The van der Waals surface area contributed by atoms with Gasteiger partial charge in [0.1, 0.15) is 0 Å². The van der Waals surface area contributed by atoms with Crippen LogP contribution in [0.25, 0.3) is 5.57 Å². The molecular formula is C25H30O2. The maximum Gasteiger partial charge on any atom is 0.335 e. The highest BCUT2D eigenvalue weighted by Gasteiger charge is 2.36. The van der Waals surface area contributed by atoms with Gasteiger partial charge < -0.3 is 5.11 Å². The quantitative estimate of drug-likeness (QED) is 0.681. The summed E-state index contributed by atoms with van der Waals surface area (Å²) in [5.41, 5.74) is 7.21. The molecule has 2 nitrogen and oxygen atoms in total. The summed E-state index contributed by atoms with van der Waals surface area (Å²) in [4.78, 5) is 11.1. The van der Waals surface area contributed by atoms with E-state index in [-0.39, 0.29) is 10.8 Å². The zero-order valence-electron chi connectivity index (χ0n) is 17.1. The van der Waals surface area contributed by atoms with Crippen molar-refractivity contribution < 1.29 is 9.90 Å². The van der Waals surface area contributed by atoms with Crippen LogP contribution >= 0.6 is 0 Å². The summed E-state index contributed by atoms with van der Waals surface area (Å²) in [7, 11) is 0. The highest BCUT2D eigenvalue weighted by Crippen LogP contribution is 2.46. The van der Waals surface area contributed by atoms with Gasteiger partial charge in [-0.15, -0.1) is 0 Å². The van der Waals surface area contributed by atoms with Crippen molar-refractivity contribution in [2.45, 2.75) is 64.7 Å². The van der Waals surface area contributed by atoms with Gasteiger partial charge in [0.05, 0.1) is 5.57 Å². The molecule has 0 unspecified atom stereocenters. The number of rotatable bonds is 3. The van der Waals surface area contributed by atoms with Gasteiger partial charge in [0.25, 0.3) is 0 Å². The van der Waals surface area contributed by atoms with Crippen molar-refractivity contribution in [1.82, 2.24) is 0 Å². The zero-order valence-corrected chi connectivity index (χ0v) is 17.1. The molecule has 0 bridgehead atoms. The summed E-state index contributed by atoms with van der Waals surface area (Å²) in [5, 5.41) is 9.16. The van der Waals surface area contributed by atoms with E-state index >= 15 is 0 Å². The van der Waals surface area contributed by atoms with E-state index in [1.165, 1.54) is 35.1 Å². The number of carboxylic acids is 1. The van der Waals surface area contributed by atoms with Crippen molar-refractivity contribution in [3.8, 4) is 0 Å². The minimum absolute atomic E-state index is 0.197. The molecule has 1 aromatic rings. The van der Waals surface area contributed by atoms with Crippen molar-refractivity contribution in [2.24, 2.45) is 0 Å². The monoisotopic (exact) mass is 362 g/mol. The van der Waals surface area contributed by atoms with Gasteiger partial charge in [-0.3, -0.25) is 0 Å². The van der Waals surface area contributed by atoms with Crippen LogP contribution in [0.1, 0.15) is 70.6 Å². The summed E-state index contributed by atoms with van der Waals surface area (Å²) >= 11 is 0. The predicted molar refractivity (Wildman–Crippen MR) is 113 cm³/mol. The lowest BCUT2D eigenvalue weighted by Gasteiger charge is -2.42. The van der Waals surface area contributed by atoms with E-state index in [1.807, 2.05) is 6.08 Å². The van der Waals surface area contributed by atoms with Crippen LogP contribution in [0, 0.1) is 0 Å². The van der Waals surface area contributed by atoms with E-state index in [9.17, 15) is 4.79 Å². The van der Waals surface area contributed by atoms with Crippen LogP contribution in [-0.2, 0) is 15.6 Å². The largest absolute Gasteiger partial charge is 0.478 e. The molecule has 0 aliphatic heterocycles. The Labute approximate surface area is 163 Å². The lowest BCUT2D eigenvalue weighted by atomic mass is 9.63. The normalized spacial score (nSPS) is 21.0. The van der Waals surface area contributed by atoms with Crippen molar-refractivity contribution in [2.75, 3.05) is 0 Å². The van der Waals surface area contributed by atoms with E-state index in [2.05, 4.69) is 65.0 Å². The molecule has 0 atom stereocenters. The minimum atomic E-state index is -0.874. The fourth-order valence-electron chi connectivity index (χ4n) is 4.08. The van der Waals surface area contributed by atoms with Gasteiger partial charge in [-0.05, 0) is 70.9 Å². The summed E-state index contributed by atoms with van der Waals surface area (Å²) in [6.07, 6.45) is 12.6. The summed E-state index contributed by atoms with van der Waals surface area (Å²) in [5.74, 6) is -0.874. The molecule has 0 amide bonds. The Morgan fingerprint density at radius 2 is 1.67 bits per heavy atom. The molecule has 142 valence electrons. The van der Waals surface area contributed by atoms with Crippen LogP contribution < -0.4 is 0 Å². The molecule has 2 aliphatic rings. The Bertz CT molecular complexity index is 889. The third kappa shape index (κ3) is 4.00. The first-order valence-electron chi connectivity index (χ1n) is 9.75. The number of carbonyl (C=O) groups is 1. The Morgan fingerprint density at radius 1 is 1.00 bits per heavy atom. The van der Waals surface area contributed by atoms with E-state index in [0.717, 1.165) is 5.57 Å². The van der Waals surface area contributed by atoms with Gasteiger partial charge in [0, 0.05) is 0 Å². The van der Waals surface area contributed by atoms with Gasteiger partial charge in [-0.25, -0.2) is 4.79 Å². The molecule has 27 heavy (non-hydrogen) atoms. The molecule has 0 saturated heterocycles. The molecule has 3 rings (SSSR count). The molecule has 0 heterocycles. The second-order valence-corrected chi connectivity index (χ2v) is 9.09. The van der Waals surface area contributed by atoms with Crippen LogP contribution in [0.3, 0.4) is 0 Å². The van der Waals surface area contributed by atoms with Crippen LogP contribution in [-0.4, -0.2) is 11.1 Å². The topological polar surface area (TPSA) is 37.3 Å². The fraction of sp³-hybridized carbons (Fsp3) is 0.400. The van der Waals surface area contributed by atoms with Gasteiger partial charge in [-0.1, -0.05) is 70.2 Å². The Balaban J connectivity index is 1.94. The van der Waals surface area contributed by atoms with Gasteiger partial charge in [-0.2, -0.15) is 0 Å². The maximum atomic E-state index is 11.1.